The summed E-state index contributed by atoms with van der Waals surface area (Å²) in [6.45, 7) is 4.33. The van der Waals surface area contributed by atoms with Crippen LogP contribution >= 0.6 is 0 Å². The summed E-state index contributed by atoms with van der Waals surface area (Å²) in [7, 11) is 1.79. The summed E-state index contributed by atoms with van der Waals surface area (Å²) in [5.41, 5.74) is 6.35. The zero-order valence-electron chi connectivity index (χ0n) is 8.11. The highest BCUT2D eigenvalue weighted by molar-refractivity contribution is 5.62. The van der Waals surface area contributed by atoms with Crippen LogP contribution < -0.4 is 4.84 Å². The number of nitrogens with zero attached hydrogens (tertiary/aromatic N) is 2. The molecule has 0 aliphatic carbocycles. The van der Waals surface area contributed by atoms with Gasteiger partial charge in [0, 0.05) is 7.05 Å². The maximum absolute atomic E-state index is 5.36. The fourth-order valence-electron chi connectivity index (χ4n) is 1.36. The van der Waals surface area contributed by atoms with E-state index in [0.717, 1.165) is 11.4 Å². The highest BCUT2D eigenvalue weighted by Crippen LogP contribution is 2.40. The summed E-state index contributed by atoms with van der Waals surface area (Å²) >= 11 is 0. The maximum atomic E-state index is 5.36. The van der Waals surface area contributed by atoms with Crippen LogP contribution in [0.15, 0.2) is 18.2 Å². The van der Waals surface area contributed by atoms with Crippen molar-refractivity contribution in [3.63, 3.8) is 0 Å². The van der Waals surface area contributed by atoms with E-state index < -0.39 is 0 Å². The highest BCUT2D eigenvalue weighted by atomic mass is 16.7. The van der Waals surface area contributed by atoms with Crippen LogP contribution in [0, 0.1) is 0 Å². The van der Waals surface area contributed by atoms with Gasteiger partial charge in [-0.15, -0.1) is 0 Å². The van der Waals surface area contributed by atoms with Crippen LogP contribution in [0.5, 0.6) is 5.75 Å². The fourth-order valence-corrected chi connectivity index (χ4v) is 1.36. The number of hydrogen-bond donors (Lipinski definition) is 0. The van der Waals surface area contributed by atoms with Crippen molar-refractivity contribution < 1.29 is 4.84 Å². The SMILES string of the molecule is CC(C)c1ccc2c(c1)ON(C)[N-]2. The molecule has 0 N–H and O–H groups in total. The molecule has 3 nitrogen and oxygen atoms in total. The Bertz CT molecular complexity index is 323. The number of fused-ring (bicyclic) bond motifs is 1. The fraction of sp³-hybridized carbons (Fsp3) is 0.400. The Kier molecular flexibility index (Phi) is 1.88. The number of rotatable bonds is 1. The van der Waals surface area contributed by atoms with E-state index in [4.69, 9.17) is 4.84 Å². The molecule has 0 saturated heterocycles. The molecule has 2 rings (SSSR count). The van der Waals surface area contributed by atoms with E-state index in [1.807, 2.05) is 12.1 Å². The summed E-state index contributed by atoms with van der Waals surface area (Å²) in [5.74, 6) is 1.38. The van der Waals surface area contributed by atoms with Crippen molar-refractivity contribution in [1.29, 1.82) is 0 Å². The van der Waals surface area contributed by atoms with Gasteiger partial charge in [0.25, 0.3) is 0 Å². The second-order valence-electron chi connectivity index (χ2n) is 3.54. The van der Waals surface area contributed by atoms with Crippen molar-refractivity contribution in [1.82, 2.24) is 5.17 Å². The second-order valence-corrected chi connectivity index (χ2v) is 3.54. The predicted molar refractivity (Wildman–Crippen MR) is 51.9 cm³/mol. The van der Waals surface area contributed by atoms with E-state index in [9.17, 15) is 0 Å². The lowest BCUT2D eigenvalue weighted by molar-refractivity contribution is 0.0299. The average Bonchev–Trinajstić information content (AvgIpc) is 2.42. The van der Waals surface area contributed by atoms with Crippen molar-refractivity contribution in [3.05, 3.63) is 29.2 Å². The maximum Gasteiger partial charge on any atom is 0.132 e. The lowest BCUT2D eigenvalue weighted by Crippen LogP contribution is -2.09. The smallest absolute Gasteiger partial charge is 0.132 e. The quantitative estimate of drug-likeness (QED) is 0.659. The molecule has 0 spiro atoms. The molecule has 0 radical (unpaired) electrons. The summed E-state index contributed by atoms with van der Waals surface area (Å²) in [6.07, 6.45) is 0. The van der Waals surface area contributed by atoms with Crippen molar-refractivity contribution in [3.8, 4) is 5.75 Å². The van der Waals surface area contributed by atoms with Crippen molar-refractivity contribution in [2.45, 2.75) is 19.8 Å². The van der Waals surface area contributed by atoms with Crippen LogP contribution in [-0.2, 0) is 0 Å². The highest BCUT2D eigenvalue weighted by Gasteiger charge is 2.08. The third-order valence-corrected chi connectivity index (χ3v) is 2.13. The van der Waals surface area contributed by atoms with E-state index in [0.29, 0.717) is 5.92 Å². The Balaban J connectivity index is 2.35. The van der Waals surface area contributed by atoms with Crippen LogP contribution in [0.1, 0.15) is 25.3 Å². The first-order valence-corrected chi connectivity index (χ1v) is 4.44. The van der Waals surface area contributed by atoms with Crippen molar-refractivity contribution in [2.75, 3.05) is 7.05 Å². The molecule has 1 aromatic rings. The molecule has 1 aromatic carbocycles. The van der Waals surface area contributed by atoms with Gasteiger partial charge >= 0.3 is 0 Å². The summed E-state index contributed by atoms with van der Waals surface area (Å²) < 4.78 is 0. The third kappa shape index (κ3) is 1.47. The predicted octanol–water partition coefficient (Wildman–Crippen LogP) is 2.97. The first-order valence-electron chi connectivity index (χ1n) is 4.44. The van der Waals surface area contributed by atoms with Gasteiger partial charge in [0.1, 0.15) is 5.75 Å². The molecule has 0 atom stereocenters. The molecule has 0 unspecified atom stereocenters. The van der Waals surface area contributed by atoms with E-state index in [1.54, 1.807) is 7.05 Å². The molecule has 3 heteroatoms. The molecule has 0 aromatic heterocycles. The largest absolute Gasteiger partial charge is 0.583 e. The van der Waals surface area contributed by atoms with Crippen LogP contribution in [0.4, 0.5) is 5.69 Å². The molecule has 0 amide bonds. The summed E-state index contributed by atoms with van der Waals surface area (Å²) in [5, 5.41) is 1.48. The molecule has 1 aliphatic heterocycles. The molecule has 0 saturated carbocycles. The molecule has 0 fully saturated rings. The third-order valence-electron chi connectivity index (χ3n) is 2.13. The lowest BCUT2D eigenvalue weighted by atomic mass is 10.0. The first-order chi connectivity index (χ1) is 6.16. The van der Waals surface area contributed by atoms with Crippen molar-refractivity contribution in [2.24, 2.45) is 0 Å². The van der Waals surface area contributed by atoms with Crippen LogP contribution in [0.3, 0.4) is 0 Å². The number of hydroxylamine groups is 1. The average molecular weight is 177 g/mol. The summed E-state index contributed by atoms with van der Waals surface area (Å²) in [6, 6.07) is 6.14. The van der Waals surface area contributed by atoms with Crippen molar-refractivity contribution >= 4 is 5.69 Å². The van der Waals surface area contributed by atoms with Gasteiger partial charge < -0.3 is 10.3 Å². The molecule has 13 heavy (non-hydrogen) atoms. The number of hydrogen-bond acceptors (Lipinski definition) is 2. The van der Waals surface area contributed by atoms with Crippen LogP contribution in [0.25, 0.3) is 5.43 Å². The lowest BCUT2D eigenvalue weighted by Gasteiger charge is -2.20. The minimum atomic E-state index is 0.528. The van der Waals surface area contributed by atoms with Crippen LogP contribution in [-0.4, -0.2) is 12.2 Å². The van der Waals surface area contributed by atoms with Gasteiger partial charge in [0.05, 0.1) is 0 Å². The molecule has 1 heterocycles. The monoisotopic (exact) mass is 177 g/mol. The van der Waals surface area contributed by atoms with Gasteiger partial charge in [-0.05, 0) is 17.5 Å². The molecule has 70 valence electrons. The van der Waals surface area contributed by atoms with E-state index in [2.05, 4.69) is 25.3 Å². The van der Waals surface area contributed by atoms with E-state index in [1.165, 1.54) is 10.7 Å². The Hall–Kier alpha value is -1.22. The van der Waals surface area contributed by atoms with Gasteiger partial charge in [-0.1, -0.05) is 31.7 Å². The van der Waals surface area contributed by atoms with E-state index in [-0.39, 0.29) is 0 Å². The molecular weight excluding hydrogens is 164 g/mol. The first kappa shape index (κ1) is 8.38. The Morgan fingerprint density at radius 3 is 2.85 bits per heavy atom. The second kappa shape index (κ2) is 2.92. The Morgan fingerprint density at radius 1 is 1.38 bits per heavy atom. The molecular formula is C10H13N2O-. The van der Waals surface area contributed by atoms with E-state index >= 15 is 0 Å². The molecule has 0 bridgehead atoms. The van der Waals surface area contributed by atoms with Crippen LogP contribution in [0.2, 0.25) is 0 Å². The topological polar surface area (TPSA) is 26.6 Å². The minimum Gasteiger partial charge on any atom is -0.583 e. The van der Waals surface area contributed by atoms with Gasteiger partial charge in [-0.25, -0.2) is 5.17 Å². The Labute approximate surface area is 78.2 Å². The van der Waals surface area contributed by atoms with Gasteiger partial charge in [0.15, 0.2) is 0 Å². The van der Waals surface area contributed by atoms with Gasteiger partial charge in [0.2, 0.25) is 0 Å². The van der Waals surface area contributed by atoms with Gasteiger partial charge in [-0.3, -0.25) is 0 Å². The zero-order chi connectivity index (χ0) is 9.42. The normalized spacial score (nSPS) is 15.4. The zero-order valence-corrected chi connectivity index (χ0v) is 8.11. The van der Waals surface area contributed by atoms with Gasteiger partial charge in [-0.2, -0.15) is 0 Å². The molecule has 1 aliphatic rings. The minimum absolute atomic E-state index is 0.528. The standard InChI is InChI=1S/C10H13N2O/c1-7(2)8-4-5-9-10(6-8)13-12(3)11-9/h4-7H,1-3H3/q-1. The summed E-state index contributed by atoms with van der Waals surface area (Å²) in [4.78, 5) is 5.36. The Morgan fingerprint density at radius 2 is 2.15 bits per heavy atom. The number of benzene rings is 1.